The van der Waals surface area contributed by atoms with E-state index in [9.17, 15) is 21.6 Å². The normalized spacial score (nSPS) is 12.3. The molecule has 0 saturated carbocycles. The number of rotatable bonds is 5. The summed E-state index contributed by atoms with van der Waals surface area (Å²) in [7, 11) is -4.14. The second kappa shape index (κ2) is 8.35. The van der Waals surface area contributed by atoms with Crippen LogP contribution >= 0.6 is 0 Å². The molecule has 178 valence electrons. The fourth-order valence-electron chi connectivity index (χ4n) is 3.82. The summed E-state index contributed by atoms with van der Waals surface area (Å²) >= 11 is 0. The highest BCUT2D eigenvalue weighted by molar-refractivity contribution is 7.91. The summed E-state index contributed by atoms with van der Waals surface area (Å²) in [5, 5.41) is 8.32. The number of nitrogens with zero attached hydrogens (tertiary/aromatic N) is 4. The van der Waals surface area contributed by atoms with E-state index in [1.54, 1.807) is 36.4 Å². The molecule has 0 N–H and O–H groups in total. The summed E-state index contributed by atoms with van der Waals surface area (Å²) in [6.45, 7) is 1.95. The Balaban J connectivity index is 1.83. The van der Waals surface area contributed by atoms with Crippen molar-refractivity contribution in [2.24, 2.45) is 0 Å². The number of benzene rings is 3. The van der Waals surface area contributed by atoms with Gasteiger partial charge in [0.1, 0.15) is 16.2 Å². The molecule has 2 aromatic heterocycles. The molecule has 0 fully saturated rings. The summed E-state index contributed by atoms with van der Waals surface area (Å²) in [5.41, 5.74) is 2.19. The zero-order valence-electron chi connectivity index (χ0n) is 18.2. The standard InChI is InChI=1S/C24H17F3N4O3S/c1-2-15-7-10-17(11-8-15)35(32,33)22-14-28-19-12-9-16(34-24(25,26)27)13-18(19)23(22)31-21-6-4-3-5-20(21)29-30-31/h3-14H,2H2,1H3. The van der Waals surface area contributed by atoms with Gasteiger partial charge in [0.05, 0.1) is 21.6 Å². The second-order valence-electron chi connectivity index (χ2n) is 7.69. The molecular weight excluding hydrogens is 481 g/mol. The van der Waals surface area contributed by atoms with Crippen molar-refractivity contribution in [2.45, 2.75) is 29.5 Å². The SMILES string of the molecule is CCc1ccc(S(=O)(=O)c2cnc3ccc(OC(F)(F)F)cc3c2-n2nnc3ccccc32)cc1. The Labute approximate surface area is 197 Å². The Kier molecular flexibility index (Phi) is 5.43. The van der Waals surface area contributed by atoms with E-state index in [-0.39, 0.29) is 26.4 Å². The monoisotopic (exact) mass is 498 g/mol. The van der Waals surface area contributed by atoms with Crippen LogP contribution in [0.4, 0.5) is 13.2 Å². The van der Waals surface area contributed by atoms with Crippen LogP contribution in [0.1, 0.15) is 12.5 Å². The van der Waals surface area contributed by atoms with Crippen LogP contribution in [0.25, 0.3) is 27.6 Å². The van der Waals surface area contributed by atoms with Gasteiger partial charge in [-0.3, -0.25) is 4.98 Å². The van der Waals surface area contributed by atoms with Gasteiger partial charge in [-0.1, -0.05) is 36.4 Å². The summed E-state index contributed by atoms with van der Waals surface area (Å²) in [6, 6.07) is 16.8. The van der Waals surface area contributed by atoms with Crippen molar-refractivity contribution in [3.05, 3.63) is 78.5 Å². The number of aryl methyl sites for hydroxylation is 1. The van der Waals surface area contributed by atoms with Gasteiger partial charge in [-0.05, 0) is 54.4 Å². The molecule has 35 heavy (non-hydrogen) atoms. The van der Waals surface area contributed by atoms with Gasteiger partial charge in [-0.2, -0.15) is 0 Å². The number of fused-ring (bicyclic) bond motifs is 2. The number of alkyl halides is 3. The molecule has 0 unspecified atom stereocenters. The lowest BCUT2D eigenvalue weighted by Crippen LogP contribution is -2.17. The van der Waals surface area contributed by atoms with Crippen LogP contribution in [0, 0.1) is 0 Å². The van der Waals surface area contributed by atoms with Crippen molar-refractivity contribution in [3.63, 3.8) is 0 Å². The summed E-state index contributed by atoms with van der Waals surface area (Å²) in [5.74, 6) is -0.515. The molecule has 0 saturated heterocycles. The van der Waals surface area contributed by atoms with Gasteiger partial charge in [0.2, 0.25) is 9.84 Å². The minimum atomic E-state index is -4.92. The number of hydrogen-bond acceptors (Lipinski definition) is 6. The zero-order chi connectivity index (χ0) is 24.8. The molecule has 5 aromatic rings. The molecule has 7 nitrogen and oxygen atoms in total. The van der Waals surface area contributed by atoms with E-state index in [0.717, 1.165) is 24.1 Å². The minimum Gasteiger partial charge on any atom is -0.406 e. The number of sulfone groups is 1. The highest BCUT2D eigenvalue weighted by Gasteiger charge is 2.32. The highest BCUT2D eigenvalue weighted by Crippen LogP contribution is 2.35. The maximum Gasteiger partial charge on any atom is 0.573 e. The quantitative estimate of drug-likeness (QED) is 0.328. The topological polar surface area (TPSA) is 87.0 Å². The predicted molar refractivity (Wildman–Crippen MR) is 122 cm³/mol. The maximum atomic E-state index is 13.7. The molecule has 0 radical (unpaired) electrons. The van der Waals surface area contributed by atoms with Crippen molar-refractivity contribution < 1.29 is 26.3 Å². The molecule has 0 aliphatic carbocycles. The van der Waals surface area contributed by atoms with Crippen LogP contribution in [0.2, 0.25) is 0 Å². The molecule has 0 aliphatic heterocycles. The molecule has 3 aromatic carbocycles. The van der Waals surface area contributed by atoms with Crippen LogP contribution in [0.5, 0.6) is 5.75 Å². The van der Waals surface area contributed by atoms with Gasteiger partial charge < -0.3 is 4.74 Å². The molecular formula is C24H17F3N4O3S. The fraction of sp³-hybridized carbons (Fsp3) is 0.125. The Morgan fingerprint density at radius 2 is 1.71 bits per heavy atom. The van der Waals surface area contributed by atoms with Crippen LogP contribution in [-0.4, -0.2) is 34.8 Å². The Morgan fingerprint density at radius 1 is 0.971 bits per heavy atom. The van der Waals surface area contributed by atoms with Gasteiger partial charge in [0.25, 0.3) is 0 Å². The number of aromatic nitrogens is 4. The Hall–Kier alpha value is -3.99. The van der Waals surface area contributed by atoms with E-state index in [0.29, 0.717) is 11.0 Å². The molecule has 0 amide bonds. The third kappa shape index (κ3) is 4.18. The number of hydrogen-bond donors (Lipinski definition) is 0. The number of ether oxygens (including phenoxy) is 1. The van der Waals surface area contributed by atoms with E-state index < -0.39 is 21.9 Å². The fourth-order valence-corrected chi connectivity index (χ4v) is 5.21. The predicted octanol–water partition coefficient (Wildman–Crippen LogP) is 5.26. The van der Waals surface area contributed by atoms with Crippen molar-refractivity contribution in [2.75, 3.05) is 0 Å². The van der Waals surface area contributed by atoms with E-state index in [1.165, 1.54) is 29.1 Å². The molecule has 0 spiro atoms. The largest absolute Gasteiger partial charge is 0.573 e. The first-order valence-corrected chi connectivity index (χ1v) is 12.0. The average Bonchev–Trinajstić information content (AvgIpc) is 3.26. The van der Waals surface area contributed by atoms with Gasteiger partial charge in [0, 0.05) is 11.6 Å². The van der Waals surface area contributed by atoms with Crippen molar-refractivity contribution in [1.29, 1.82) is 0 Å². The van der Waals surface area contributed by atoms with Crippen LogP contribution in [0.3, 0.4) is 0 Å². The smallest absolute Gasteiger partial charge is 0.406 e. The summed E-state index contributed by atoms with van der Waals surface area (Å²) in [4.78, 5) is 4.01. The lowest BCUT2D eigenvalue weighted by molar-refractivity contribution is -0.274. The molecule has 0 bridgehead atoms. The van der Waals surface area contributed by atoms with Gasteiger partial charge in [0.15, 0.2) is 0 Å². The van der Waals surface area contributed by atoms with E-state index >= 15 is 0 Å². The zero-order valence-corrected chi connectivity index (χ0v) is 19.0. The Bertz CT molecular complexity index is 1660. The number of para-hydroxylation sites is 1. The molecule has 5 rings (SSSR count). The lowest BCUT2D eigenvalue weighted by Gasteiger charge is -2.15. The second-order valence-corrected chi connectivity index (χ2v) is 9.61. The minimum absolute atomic E-state index is 0.0178. The Morgan fingerprint density at radius 3 is 2.43 bits per heavy atom. The number of pyridine rings is 1. The van der Waals surface area contributed by atoms with E-state index in [4.69, 9.17) is 0 Å². The van der Waals surface area contributed by atoms with E-state index in [2.05, 4.69) is 20.0 Å². The van der Waals surface area contributed by atoms with Crippen molar-refractivity contribution >= 4 is 31.8 Å². The van der Waals surface area contributed by atoms with Gasteiger partial charge in [-0.25, -0.2) is 13.1 Å². The highest BCUT2D eigenvalue weighted by atomic mass is 32.2. The molecule has 0 atom stereocenters. The summed E-state index contributed by atoms with van der Waals surface area (Å²) < 4.78 is 71.6. The third-order valence-corrected chi connectivity index (χ3v) is 7.28. The van der Waals surface area contributed by atoms with Crippen molar-refractivity contribution in [3.8, 4) is 11.4 Å². The first kappa shape index (κ1) is 22.8. The molecule has 11 heteroatoms. The van der Waals surface area contributed by atoms with Crippen molar-refractivity contribution in [1.82, 2.24) is 20.0 Å². The first-order valence-electron chi connectivity index (χ1n) is 10.5. The van der Waals surface area contributed by atoms with E-state index in [1.807, 2.05) is 6.92 Å². The summed E-state index contributed by atoms with van der Waals surface area (Å²) in [6.07, 6.45) is -3.01. The average molecular weight is 498 g/mol. The first-order chi connectivity index (χ1) is 16.7. The maximum absolute atomic E-state index is 13.7. The number of halogens is 3. The van der Waals surface area contributed by atoms with Gasteiger partial charge >= 0.3 is 6.36 Å². The molecule has 0 aliphatic rings. The third-order valence-electron chi connectivity index (χ3n) is 5.51. The van der Waals surface area contributed by atoms with Crippen LogP contribution < -0.4 is 4.74 Å². The lowest BCUT2D eigenvalue weighted by atomic mass is 10.1. The van der Waals surface area contributed by atoms with Crippen LogP contribution in [0.15, 0.2) is 82.7 Å². The van der Waals surface area contributed by atoms with Gasteiger partial charge in [-0.15, -0.1) is 18.3 Å². The molecule has 2 heterocycles. The van der Waals surface area contributed by atoms with Crippen LogP contribution in [-0.2, 0) is 16.3 Å².